The molecule has 0 radical (unpaired) electrons. The average Bonchev–Trinajstić information content (AvgIpc) is 2.74. The van der Waals surface area contributed by atoms with E-state index >= 15 is 0 Å². The summed E-state index contributed by atoms with van der Waals surface area (Å²) >= 11 is 0. The molecule has 0 aliphatic heterocycles. The van der Waals surface area contributed by atoms with E-state index in [0.29, 0.717) is 5.75 Å². The second kappa shape index (κ2) is 9.89. The van der Waals surface area contributed by atoms with E-state index in [1.165, 1.54) is 25.7 Å². The number of nitrogens with one attached hydrogen (secondary N) is 2. The van der Waals surface area contributed by atoms with Gasteiger partial charge in [-0.15, -0.1) is 0 Å². The minimum absolute atomic E-state index is 0.0989. The summed E-state index contributed by atoms with van der Waals surface area (Å²) < 4.78 is 33.5. The summed E-state index contributed by atoms with van der Waals surface area (Å²) in [5.74, 6) is 0.290. The highest BCUT2D eigenvalue weighted by atomic mass is 32.2. The minimum Gasteiger partial charge on any atom is -0.497 e. The molecule has 0 aromatic heterocycles. The first-order valence-corrected chi connectivity index (χ1v) is 11.5. The molecule has 2 N–H and O–H groups in total. The molecule has 1 aliphatic carbocycles. The van der Waals surface area contributed by atoms with Gasteiger partial charge in [-0.2, -0.15) is 4.72 Å². The lowest BCUT2D eigenvalue weighted by Crippen LogP contribution is -2.50. The molecule has 2 aromatic carbocycles. The molecule has 0 spiro atoms. The van der Waals surface area contributed by atoms with Gasteiger partial charge in [-0.1, -0.05) is 49.6 Å². The van der Waals surface area contributed by atoms with Crippen LogP contribution in [0.15, 0.2) is 59.5 Å². The Morgan fingerprint density at radius 3 is 2.31 bits per heavy atom. The van der Waals surface area contributed by atoms with E-state index in [2.05, 4.69) is 10.0 Å². The van der Waals surface area contributed by atoms with Crippen LogP contribution in [-0.2, 0) is 21.2 Å². The maximum Gasteiger partial charge on any atom is 0.241 e. The molecule has 2 aromatic rings. The summed E-state index contributed by atoms with van der Waals surface area (Å²) in [7, 11) is -2.34. The fraction of sp³-hybridized carbons (Fsp3) is 0.409. The van der Waals surface area contributed by atoms with Crippen LogP contribution in [0.25, 0.3) is 0 Å². The second-order valence-electron chi connectivity index (χ2n) is 7.38. The second-order valence-corrected chi connectivity index (χ2v) is 9.10. The van der Waals surface area contributed by atoms with Crippen LogP contribution in [0.1, 0.15) is 37.7 Å². The van der Waals surface area contributed by atoms with Crippen molar-refractivity contribution in [3.8, 4) is 5.75 Å². The third kappa shape index (κ3) is 6.05. The van der Waals surface area contributed by atoms with Gasteiger partial charge in [-0.05, 0) is 49.1 Å². The Labute approximate surface area is 172 Å². The van der Waals surface area contributed by atoms with Gasteiger partial charge in [0, 0.05) is 6.04 Å². The van der Waals surface area contributed by atoms with Crippen molar-refractivity contribution in [2.45, 2.75) is 55.5 Å². The summed E-state index contributed by atoms with van der Waals surface area (Å²) in [6.07, 6.45) is 5.53. The molecule has 6 nitrogen and oxygen atoms in total. The highest BCUT2D eigenvalue weighted by Crippen LogP contribution is 2.19. The number of hydrogen-bond donors (Lipinski definition) is 2. The van der Waals surface area contributed by atoms with Crippen LogP contribution in [0.3, 0.4) is 0 Å². The van der Waals surface area contributed by atoms with Gasteiger partial charge >= 0.3 is 0 Å². The van der Waals surface area contributed by atoms with Crippen molar-refractivity contribution in [3.05, 3.63) is 60.2 Å². The fourth-order valence-electron chi connectivity index (χ4n) is 3.60. The first-order chi connectivity index (χ1) is 14.0. The van der Waals surface area contributed by atoms with Gasteiger partial charge in [0.25, 0.3) is 0 Å². The van der Waals surface area contributed by atoms with Crippen molar-refractivity contribution < 1.29 is 17.9 Å². The summed E-state index contributed by atoms with van der Waals surface area (Å²) in [4.78, 5) is 13.1. The van der Waals surface area contributed by atoms with E-state index in [-0.39, 0.29) is 23.3 Å². The Hall–Kier alpha value is -2.38. The fourth-order valence-corrected chi connectivity index (χ4v) is 4.79. The largest absolute Gasteiger partial charge is 0.497 e. The third-order valence-corrected chi connectivity index (χ3v) is 6.71. The van der Waals surface area contributed by atoms with Gasteiger partial charge in [-0.25, -0.2) is 8.42 Å². The van der Waals surface area contributed by atoms with E-state index in [1.54, 1.807) is 12.1 Å². The lowest BCUT2D eigenvalue weighted by atomic mass is 9.95. The molecule has 1 amide bonds. The Balaban J connectivity index is 1.78. The predicted octanol–water partition coefficient (Wildman–Crippen LogP) is 3.03. The molecule has 7 heteroatoms. The predicted molar refractivity (Wildman–Crippen MR) is 112 cm³/mol. The average molecular weight is 417 g/mol. The minimum atomic E-state index is -3.86. The molecule has 1 saturated carbocycles. The van der Waals surface area contributed by atoms with Crippen LogP contribution in [0.5, 0.6) is 5.75 Å². The van der Waals surface area contributed by atoms with Crippen LogP contribution in [0, 0.1) is 0 Å². The molecular formula is C22H28N2O4S. The van der Waals surface area contributed by atoms with E-state index < -0.39 is 16.1 Å². The van der Waals surface area contributed by atoms with Gasteiger partial charge in [0.05, 0.1) is 12.0 Å². The molecule has 1 fully saturated rings. The molecular weight excluding hydrogens is 388 g/mol. The van der Waals surface area contributed by atoms with Crippen molar-refractivity contribution in [1.29, 1.82) is 0 Å². The topological polar surface area (TPSA) is 84.5 Å². The van der Waals surface area contributed by atoms with E-state index in [1.807, 2.05) is 30.3 Å². The molecule has 29 heavy (non-hydrogen) atoms. The van der Waals surface area contributed by atoms with Crippen molar-refractivity contribution >= 4 is 15.9 Å². The number of carbonyl (C=O) groups excluding carboxylic acids is 1. The summed E-state index contributed by atoms with van der Waals surface area (Å²) in [5, 5.41) is 3.05. The zero-order valence-electron chi connectivity index (χ0n) is 16.6. The Morgan fingerprint density at radius 1 is 1.03 bits per heavy atom. The SMILES string of the molecule is COc1ccc(S(=O)(=O)NC(Cc2ccccc2)C(=O)NC2CCCCC2)cc1. The van der Waals surface area contributed by atoms with Gasteiger partial charge in [-0.3, -0.25) is 4.79 Å². The third-order valence-electron chi connectivity index (χ3n) is 5.22. The monoisotopic (exact) mass is 416 g/mol. The zero-order valence-corrected chi connectivity index (χ0v) is 17.5. The first kappa shape index (κ1) is 21.3. The van der Waals surface area contributed by atoms with Crippen molar-refractivity contribution in [2.24, 2.45) is 0 Å². The van der Waals surface area contributed by atoms with E-state index in [4.69, 9.17) is 4.74 Å². The maximum absolute atomic E-state index is 13.0. The van der Waals surface area contributed by atoms with Gasteiger partial charge < -0.3 is 10.1 Å². The highest BCUT2D eigenvalue weighted by Gasteiger charge is 2.28. The molecule has 3 rings (SSSR count). The number of carbonyl (C=O) groups is 1. The first-order valence-electron chi connectivity index (χ1n) is 9.98. The number of amides is 1. The Kier molecular flexibility index (Phi) is 7.28. The lowest BCUT2D eigenvalue weighted by Gasteiger charge is -2.26. The van der Waals surface area contributed by atoms with Crippen LogP contribution in [0.2, 0.25) is 0 Å². The lowest BCUT2D eigenvalue weighted by molar-refractivity contribution is -0.123. The molecule has 0 bridgehead atoms. The molecule has 1 unspecified atom stereocenters. The number of benzene rings is 2. The molecule has 1 aliphatic rings. The number of ether oxygens (including phenoxy) is 1. The molecule has 0 saturated heterocycles. The van der Waals surface area contributed by atoms with Gasteiger partial charge in [0.15, 0.2) is 0 Å². The van der Waals surface area contributed by atoms with Gasteiger partial charge in [0.2, 0.25) is 15.9 Å². The van der Waals surface area contributed by atoms with Crippen molar-refractivity contribution in [2.75, 3.05) is 7.11 Å². The molecule has 0 heterocycles. The molecule has 1 atom stereocenters. The number of rotatable bonds is 8. The Morgan fingerprint density at radius 2 is 1.69 bits per heavy atom. The highest BCUT2D eigenvalue weighted by molar-refractivity contribution is 7.89. The van der Waals surface area contributed by atoms with E-state index in [9.17, 15) is 13.2 Å². The van der Waals surface area contributed by atoms with E-state index in [0.717, 1.165) is 31.2 Å². The van der Waals surface area contributed by atoms with Crippen molar-refractivity contribution in [3.63, 3.8) is 0 Å². The van der Waals surface area contributed by atoms with Crippen LogP contribution in [-0.4, -0.2) is 33.5 Å². The quantitative estimate of drug-likeness (QED) is 0.693. The summed E-state index contributed by atoms with van der Waals surface area (Å²) in [6, 6.07) is 14.8. The number of hydrogen-bond acceptors (Lipinski definition) is 4. The van der Waals surface area contributed by atoms with Gasteiger partial charge in [0.1, 0.15) is 11.8 Å². The van der Waals surface area contributed by atoms with Crippen LogP contribution < -0.4 is 14.8 Å². The number of sulfonamides is 1. The number of methoxy groups -OCH3 is 1. The normalized spacial score (nSPS) is 16.2. The summed E-state index contributed by atoms with van der Waals surface area (Å²) in [6.45, 7) is 0. The van der Waals surface area contributed by atoms with Crippen molar-refractivity contribution in [1.82, 2.24) is 10.0 Å². The summed E-state index contributed by atoms with van der Waals surface area (Å²) in [5.41, 5.74) is 0.897. The molecule has 156 valence electrons. The standard InChI is InChI=1S/C22H28N2O4S/c1-28-19-12-14-20(15-13-19)29(26,27)24-21(16-17-8-4-2-5-9-17)22(25)23-18-10-6-3-7-11-18/h2,4-5,8-9,12-15,18,21,24H,3,6-7,10-11,16H2,1H3,(H,23,25). The van der Waals surface area contributed by atoms with Crippen LogP contribution in [0.4, 0.5) is 0 Å². The smallest absolute Gasteiger partial charge is 0.241 e. The zero-order chi connectivity index (χ0) is 20.7. The van der Waals surface area contributed by atoms with Crippen LogP contribution >= 0.6 is 0 Å². The maximum atomic E-state index is 13.0. The Bertz CT molecular complexity index is 892.